The van der Waals surface area contributed by atoms with Crippen molar-refractivity contribution in [3.8, 4) is 0 Å². The summed E-state index contributed by atoms with van der Waals surface area (Å²) >= 11 is 0. The van der Waals surface area contributed by atoms with Gasteiger partial charge in [-0.1, -0.05) is 49.7 Å². The molecule has 19 heavy (non-hydrogen) atoms. The molecule has 98 valence electrons. The van der Waals surface area contributed by atoms with E-state index in [1.165, 1.54) is 5.56 Å². The highest BCUT2D eigenvalue weighted by Gasteiger charge is 2.27. The lowest BCUT2D eigenvalue weighted by molar-refractivity contribution is -0.116. The van der Waals surface area contributed by atoms with E-state index in [9.17, 15) is 4.79 Å². The van der Waals surface area contributed by atoms with Gasteiger partial charge in [0.05, 0.1) is 12.1 Å². The highest BCUT2D eigenvalue weighted by Crippen LogP contribution is 2.34. The van der Waals surface area contributed by atoms with E-state index in [-0.39, 0.29) is 5.91 Å². The molecule has 1 aliphatic heterocycles. The van der Waals surface area contributed by atoms with Gasteiger partial charge in [-0.3, -0.25) is 9.69 Å². The second kappa shape index (κ2) is 5.70. The summed E-state index contributed by atoms with van der Waals surface area (Å²) in [6.07, 6.45) is 0.504. The number of para-hydroxylation sites is 1. The molecule has 0 aliphatic carbocycles. The summed E-state index contributed by atoms with van der Waals surface area (Å²) < 4.78 is 0. The summed E-state index contributed by atoms with van der Waals surface area (Å²) in [6.45, 7) is 6.05. The number of amides is 1. The van der Waals surface area contributed by atoms with Crippen molar-refractivity contribution < 1.29 is 4.79 Å². The van der Waals surface area contributed by atoms with E-state index in [0.717, 1.165) is 16.9 Å². The lowest BCUT2D eigenvalue weighted by Crippen LogP contribution is -2.20. The molecule has 3 rings (SSSR count). The molecule has 0 aromatic heterocycles. The molecule has 0 saturated carbocycles. The van der Waals surface area contributed by atoms with E-state index in [1.807, 2.05) is 69.3 Å². The van der Waals surface area contributed by atoms with Crippen molar-refractivity contribution in [1.29, 1.82) is 0 Å². The van der Waals surface area contributed by atoms with Crippen molar-refractivity contribution >= 4 is 17.3 Å². The van der Waals surface area contributed by atoms with Crippen LogP contribution in [0.1, 0.15) is 25.0 Å². The first-order valence-corrected chi connectivity index (χ1v) is 6.73. The van der Waals surface area contributed by atoms with Crippen LogP contribution in [-0.2, 0) is 11.2 Å². The lowest BCUT2D eigenvalue weighted by atomic mass is 10.1. The SMILES string of the molecule is CC.Cc1ccc(N2C(=O)Cc3ccccc32)cc1. The Morgan fingerprint density at radius 1 is 0.947 bits per heavy atom. The van der Waals surface area contributed by atoms with Crippen LogP contribution in [0.2, 0.25) is 0 Å². The minimum absolute atomic E-state index is 0.148. The number of nitrogens with zero attached hydrogens (tertiary/aromatic N) is 1. The quantitative estimate of drug-likeness (QED) is 0.744. The number of fused-ring (bicyclic) bond motifs is 1. The fraction of sp³-hybridized carbons (Fsp3) is 0.235. The number of aryl methyl sites for hydroxylation is 1. The van der Waals surface area contributed by atoms with Crippen LogP contribution in [0.5, 0.6) is 0 Å². The van der Waals surface area contributed by atoms with Crippen LogP contribution in [0.15, 0.2) is 48.5 Å². The summed E-state index contributed by atoms with van der Waals surface area (Å²) in [5.41, 5.74) is 4.28. The highest BCUT2D eigenvalue weighted by molar-refractivity contribution is 6.07. The summed E-state index contributed by atoms with van der Waals surface area (Å²) in [6, 6.07) is 16.0. The average Bonchev–Trinajstić information content (AvgIpc) is 2.78. The van der Waals surface area contributed by atoms with Crippen molar-refractivity contribution in [1.82, 2.24) is 0 Å². The van der Waals surface area contributed by atoms with Gasteiger partial charge in [0.25, 0.3) is 0 Å². The first-order chi connectivity index (χ1) is 9.25. The minimum Gasteiger partial charge on any atom is -0.280 e. The minimum atomic E-state index is 0.148. The third-order valence-corrected chi connectivity index (χ3v) is 3.12. The van der Waals surface area contributed by atoms with Gasteiger partial charge in [-0.2, -0.15) is 0 Å². The number of benzene rings is 2. The molecular weight excluding hydrogens is 234 g/mol. The van der Waals surface area contributed by atoms with Crippen LogP contribution in [0.3, 0.4) is 0 Å². The van der Waals surface area contributed by atoms with Gasteiger partial charge >= 0.3 is 0 Å². The summed E-state index contributed by atoms with van der Waals surface area (Å²) in [4.78, 5) is 13.8. The van der Waals surface area contributed by atoms with Crippen molar-refractivity contribution in [2.45, 2.75) is 27.2 Å². The Balaban J connectivity index is 0.000000637. The zero-order chi connectivity index (χ0) is 13.8. The number of anilines is 2. The highest BCUT2D eigenvalue weighted by atomic mass is 16.2. The van der Waals surface area contributed by atoms with E-state index in [0.29, 0.717) is 6.42 Å². The Labute approximate surface area is 114 Å². The lowest BCUT2D eigenvalue weighted by Gasteiger charge is -2.17. The molecule has 0 atom stereocenters. The van der Waals surface area contributed by atoms with Crippen molar-refractivity contribution in [2.24, 2.45) is 0 Å². The first-order valence-electron chi connectivity index (χ1n) is 6.73. The van der Waals surface area contributed by atoms with E-state index >= 15 is 0 Å². The molecule has 0 spiro atoms. The smallest absolute Gasteiger partial charge is 0.236 e. The molecule has 0 saturated heterocycles. The third-order valence-electron chi connectivity index (χ3n) is 3.12. The van der Waals surface area contributed by atoms with E-state index in [4.69, 9.17) is 0 Å². The molecule has 2 aromatic rings. The topological polar surface area (TPSA) is 20.3 Å². The Bertz CT molecular complexity index is 572. The molecule has 0 bridgehead atoms. The van der Waals surface area contributed by atoms with Gasteiger partial charge in [-0.05, 0) is 30.7 Å². The molecule has 1 amide bonds. The van der Waals surface area contributed by atoms with E-state index in [1.54, 1.807) is 4.90 Å². The molecular formula is C17H19NO. The van der Waals surface area contributed by atoms with Crippen molar-refractivity contribution in [3.63, 3.8) is 0 Å². The Morgan fingerprint density at radius 3 is 2.26 bits per heavy atom. The van der Waals surface area contributed by atoms with E-state index < -0.39 is 0 Å². The molecule has 0 N–H and O–H groups in total. The van der Waals surface area contributed by atoms with Crippen LogP contribution >= 0.6 is 0 Å². The van der Waals surface area contributed by atoms with Gasteiger partial charge in [0, 0.05) is 5.69 Å². The maximum absolute atomic E-state index is 12.0. The normalized spacial score (nSPS) is 12.8. The van der Waals surface area contributed by atoms with Gasteiger partial charge in [0.15, 0.2) is 0 Å². The molecule has 2 nitrogen and oxygen atoms in total. The van der Waals surface area contributed by atoms with Gasteiger partial charge in [-0.25, -0.2) is 0 Å². The zero-order valence-electron chi connectivity index (χ0n) is 11.7. The monoisotopic (exact) mass is 253 g/mol. The van der Waals surface area contributed by atoms with Crippen LogP contribution in [0, 0.1) is 6.92 Å². The Kier molecular flexibility index (Phi) is 4.00. The van der Waals surface area contributed by atoms with Crippen LogP contribution < -0.4 is 4.90 Å². The van der Waals surface area contributed by atoms with Gasteiger partial charge in [0.1, 0.15) is 0 Å². The van der Waals surface area contributed by atoms with E-state index in [2.05, 4.69) is 0 Å². The number of hydrogen-bond donors (Lipinski definition) is 0. The van der Waals surface area contributed by atoms with Gasteiger partial charge < -0.3 is 0 Å². The molecule has 2 aromatic carbocycles. The van der Waals surface area contributed by atoms with Crippen LogP contribution in [0.25, 0.3) is 0 Å². The van der Waals surface area contributed by atoms with Gasteiger partial charge in [-0.15, -0.1) is 0 Å². The summed E-state index contributed by atoms with van der Waals surface area (Å²) in [7, 11) is 0. The number of hydrogen-bond acceptors (Lipinski definition) is 1. The van der Waals surface area contributed by atoms with Crippen LogP contribution in [0.4, 0.5) is 11.4 Å². The predicted molar refractivity (Wildman–Crippen MR) is 79.8 cm³/mol. The second-order valence-corrected chi connectivity index (χ2v) is 4.37. The standard InChI is InChI=1S/C15H13NO.C2H6/c1-11-6-8-13(9-7-11)16-14-5-3-2-4-12(14)10-15(16)17;1-2/h2-9H,10H2,1H3;1-2H3. The maximum Gasteiger partial charge on any atom is 0.236 e. The van der Waals surface area contributed by atoms with Crippen LogP contribution in [-0.4, -0.2) is 5.91 Å². The first kappa shape index (κ1) is 13.3. The summed E-state index contributed by atoms with van der Waals surface area (Å²) in [5, 5.41) is 0. The number of rotatable bonds is 1. The molecule has 1 heterocycles. The average molecular weight is 253 g/mol. The third kappa shape index (κ3) is 2.53. The summed E-state index contributed by atoms with van der Waals surface area (Å²) in [5.74, 6) is 0.148. The second-order valence-electron chi connectivity index (χ2n) is 4.37. The fourth-order valence-electron chi connectivity index (χ4n) is 2.23. The fourth-order valence-corrected chi connectivity index (χ4v) is 2.23. The van der Waals surface area contributed by atoms with Crippen molar-refractivity contribution in [2.75, 3.05) is 4.90 Å². The number of carbonyl (C=O) groups excluding carboxylic acids is 1. The largest absolute Gasteiger partial charge is 0.280 e. The van der Waals surface area contributed by atoms with Crippen molar-refractivity contribution in [3.05, 3.63) is 59.7 Å². The Hall–Kier alpha value is -2.09. The molecule has 0 radical (unpaired) electrons. The molecule has 0 fully saturated rings. The molecule has 0 unspecified atom stereocenters. The Morgan fingerprint density at radius 2 is 1.58 bits per heavy atom. The maximum atomic E-state index is 12.0. The zero-order valence-corrected chi connectivity index (χ0v) is 11.7. The predicted octanol–water partition coefficient (Wildman–Crippen LogP) is 4.24. The molecule has 1 aliphatic rings. The van der Waals surface area contributed by atoms with Gasteiger partial charge in [0.2, 0.25) is 5.91 Å². The molecule has 2 heteroatoms. The number of carbonyl (C=O) groups is 1.